The van der Waals surface area contributed by atoms with E-state index in [1.54, 1.807) is 0 Å². The van der Waals surface area contributed by atoms with Gasteiger partial charge in [-0.25, -0.2) is 0 Å². The van der Waals surface area contributed by atoms with E-state index in [2.05, 4.69) is 66.7 Å². The number of likely N-dealkylation sites (tertiary alicyclic amines) is 1. The van der Waals surface area contributed by atoms with E-state index in [0.717, 1.165) is 6.04 Å². The number of rotatable bonds is 4. The summed E-state index contributed by atoms with van der Waals surface area (Å²) in [5.74, 6) is 0.618. The first-order valence-corrected chi connectivity index (χ1v) is 9.37. The molecule has 3 rings (SSSR count). The quantitative estimate of drug-likeness (QED) is 0.843. The van der Waals surface area contributed by atoms with Gasteiger partial charge in [0.15, 0.2) is 0 Å². The van der Waals surface area contributed by atoms with Gasteiger partial charge in [0.2, 0.25) is 0 Å². The average molecular weight is 316 g/mol. The fourth-order valence-corrected chi connectivity index (χ4v) is 3.95. The van der Waals surface area contributed by atoms with Crippen molar-refractivity contribution in [3.05, 3.63) is 29.8 Å². The lowest BCUT2D eigenvalue weighted by Crippen LogP contribution is -2.51. The normalized spacial score (nSPS) is 24.1. The average Bonchev–Trinajstić information content (AvgIpc) is 3.05. The summed E-state index contributed by atoms with van der Waals surface area (Å²) >= 11 is 0. The number of benzene rings is 1. The molecule has 128 valence electrons. The van der Waals surface area contributed by atoms with Gasteiger partial charge < -0.3 is 4.90 Å². The number of hydrogen-bond donors (Lipinski definition) is 0. The van der Waals surface area contributed by atoms with Gasteiger partial charge in [0.05, 0.1) is 0 Å². The van der Waals surface area contributed by atoms with E-state index >= 15 is 0 Å². The maximum atomic E-state index is 2.72. The topological polar surface area (TPSA) is 9.72 Å². The molecule has 0 radical (unpaired) electrons. The van der Waals surface area contributed by atoms with Crippen molar-refractivity contribution in [2.24, 2.45) is 0 Å². The second-order valence-electron chi connectivity index (χ2n) is 7.80. The molecule has 1 atom stereocenters. The first-order chi connectivity index (χ1) is 11.0. The number of nitrogens with zero attached hydrogens (tertiary/aromatic N) is 3. The molecule has 0 N–H and O–H groups in total. The van der Waals surface area contributed by atoms with E-state index in [9.17, 15) is 0 Å². The van der Waals surface area contributed by atoms with Gasteiger partial charge in [-0.3, -0.25) is 9.80 Å². The third kappa shape index (κ3) is 3.89. The van der Waals surface area contributed by atoms with Gasteiger partial charge in [0, 0.05) is 57.0 Å². The monoisotopic (exact) mass is 315 g/mol. The highest BCUT2D eigenvalue weighted by molar-refractivity contribution is 5.48. The van der Waals surface area contributed by atoms with Gasteiger partial charge in [-0.2, -0.15) is 0 Å². The van der Waals surface area contributed by atoms with Gasteiger partial charge in [0.25, 0.3) is 0 Å². The Hall–Kier alpha value is -1.06. The van der Waals surface area contributed by atoms with Gasteiger partial charge >= 0.3 is 0 Å². The number of hydrogen-bond acceptors (Lipinski definition) is 3. The van der Waals surface area contributed by atoms with Crippen molar-refractivity contribution in [1.29, 1.82) is 0 Å². The maximum Gasteiger partial charge on any atom is 0.0367 e. The number of anilines is 1. The first kappa shape index (κ1) is 16.8. The zero-order chi connectivity index (χ0) is 16.4. The first-order valence-electron chi connectivity index (χ1n) is 9.37. The van der Waals surface area contributed by atoms with Crippen LogP contribution in [0.5, 0.6) is 0 Å². The Kier molecular flexibility index (Phi) is 5.27. The zero-order valence-corrected chi connectivity index (χ0v) is 15.3. The minimum absolute atomic E-state index is 0.618. The van der Waals surface area contributed by atoms with Crippen molar-refractivity contribution in [1.82, 2.24) is 9.80 Å². The fraction of sp³-hybridized carbons (Fsp3) is 0.700. The van der Waals surface area contributed by atoms with E-state index in [1.807, 2.05) is 0 Å². The molecule has 3 heteroatoms. The molecule has 0 bridgehead atoms. The molecule has 0 aliphatic carbocycles. The second-order valence-corrected chi connectivity index (χ2v) is 7.80. The Balaban J connectivity index is 1.52. The second kappa shape index (κ2) is 7.23. The van der Waals surface area contributed by atoms with Gasteiger partial charge in [0.1, 0.15) is 0 Å². The highest BCUT2D eigenvalue weighted by atomic mass is 15.3. The van der Waals surface area contributed by atoms with E-state index in [4.69, 9.17) is 0 Å². The lowest BCUT2D eigenvalue weighted by atomic mass is 10.0. The van der Waals surface area contributed by atoms with Gasteiger partial charge in [-0.1, -0.05) is 26.0 Å². The fourth-order valence-electron chi connectivity index (χ4n) is 3.95. The summed E-state index contributed by atoms with van der Waals surface area (Å²) in [4.78, 5) is 7.90. The van der Waals surface area contributed by atoms with Crippen LogP contribution in [-0.4, -0.2) is 61.2 Å². The Morgan fingerprint density at radius 1 is 0.870 bits per heavy atom. The molecule has 2 aliphatic heterocycles. The summed E-state index contributed by atoms with van der Waals surface area (Å²) in [6.07, 6.45) is 1.35. The van der Waals surface area contributed by atoms with Crippen LogP contribution in [0.3, 0.4) is 0 Å². The zero-order valence-electron chi connectivity index (χ0n) is 15.3. The third-order valence-corrected chi connectivity index (χ3v) is 5.68. The van der Waals surface area contributed by atoms with Crippen LogP contribution in [0.25, 0.3) is 0 Å². The summed E-state index contributed by atoms with van der Waals surface area (Å²) in [7, 11) is 0. The predicted molar refractivity (Wildman–Crippen MR) is 99.4 cm³/mol. The highest BCUT2D eigenvalue weighted by Crippen LogP contribution is 2.23. The summed E-state index contributed by atoms with van der Waals surface area (Å²) in [5, 5.41) is 0. The molecule has 0 saturated carbocycles. The van der Waals surface area contributed by atoms with Crippen LogP contribution in [0, 0.1) is 0 Å². The van der Waals surface area contributed by atoms with Crippen molar-refractivity contribution in [3.8, 4) is 0 Å². The maximum absolute atomic E-state index is 2.72. The highest BCUT2D eigenvalue weighted by Gasteiger charge is 2.30. The van der Waals surface area contributed by atoms with Gasteiger partial charge in [-0.05, 0) is 43.9 Å². The third-order valence-electron chi connectivity index (χ3n) is 5.68. The van der Waals surface area contributed by atoms with E-state index < -0.39 is 0 Å². The van der Waals surface area contributed by atoms with Gasteiger partial charge in [-0.15, -0.1) is 0 Å². The van der Waals surface area contributed by atoms with E-state index in [-0.39, 0.29) is 0 Å². The smallest absolute Gasteiger partial charge is 0.0367 e. The SMILES string of the molecule is CC(C)c1ccc(N2CCN(C3CCN(C(C)C)C3)CC2)cc1. The molecule has 1 aromatic carbocycles. The van der Waals surface area contributed by atoms with Crippen LogP contribution < -0.4 is 4.90 Å². The Morgan fingerprint density at radius 3 is 2.04 bits per heavy atom. The van der Waals surface area contributed by atoms with Crippen LogP contribution in [0.15, 0.2) is 24.3 Å². The molecular formula is C20H33N3. The summed E-state index contributed by atoms with van der Waals surface area (Å²) in [6.45, 7) is 16.5. The van der Waals surface area contributed by atoms with Crippen LogP contribution in [-0.2, 0) is 0 Å². The van der Waals surface area contributed by atoms with Crippen molar-refractivity contribution in [2.75, 3.05) is 44.2 Å². The largest absolute Gasteiger partial charge is 0.369 e. The Bertz CT molecular complexity index is 486. The minimum Gasteiger partial charge on any atom is -0.369 e. The molecule has 2 fully saturated rings. The van der Waals surface area contributed by atoms with E-state index in [0.29, 0.717) is 12.0 Å². The predicted octanol–water partition coefficient (Wildman–Crippen LogP) is 3.41. The molecule has 1 unspecified atom stereocenters. The summed E-state index contributed by atoms with van der Waals surface area (Å²) in [6, 6.07) is 10.7. The van der Waals surface area contributed by atoms with Crippen molar-refractivity contribution >= 4 is 5.69 Å². The van der Waals surface area contributed by atoms with Crippen LogP contribution in [0.2, 0.25) is 0 Å². The van der Waals surface area contributed by atoms with Crippen molar-refractivity contribution < 1.29 is 0 Å². The summed E-state index contributed by atoms with van der Waals surface area (Å²) in [5.41, 5.74) is 2.83. The molecule has 0 aromatic heterocycles. The van der Waals surface area contributed by atoms with Crippen LogP contribution in [0.4, 0.5) is 5.69 Å². The summed E-state index contributed by atoms with van der Waals surface area (Å²) < 4.78 is 0. The molecule has 0 spiro atoms. The molecular weight excluding hydrogens is 282 g/mol. The molecule has 1 aromatic rings. The number of piperazine rings is 1. The molecule has 2 saturated heterocycles. The van der Waals surface area contributed by atoms with Crippen molar-refractivity contribution in [3.63, 3.8) is 0 Å². The molecule has 0 amide bonds. The van der Waals surface area contributed by atoms with Crippen molar-refractivity contribution in [2.45, 2.75) is 52.1 Å². The molecule has 3 nitrogen and oxygen atoms in total. The van der Waals surface area contributed by atoms with E-state index in [1.165, 1.54) is 56.9 Å². The molecule has 2 aliphatic rings. The Labute approximate surface area is 142 Å². The lowest BCUT2D eigenvalue weighted by Gasteiger charge is -2.39. The molecule has 2 heterocycles. The van der Waals surface area contributed by atoms with Crippen LogP contribution >= 0.6 is 0 Å². The standard InChI is InChI=1S/C20H33N3/c1-16(2)18-5-7-19(8-6-18)21-11-13-22(14-12-21)20-9-10-23(15-20)17(3)4/h5-8,16-17,20H,9-15H2,1-4H3. The Morgan fingerprint density at radius 2 is 1.52 bits per heavy atom. The molecule has 23 heavy (non-hydrogen) atoms. The van der Waals surface area contributed by atoms with Crippen LogP contribution in [0.1, 0.15) is 45.6 Å². The minimum atomic E-state index is 0.618. The lowest BCUT2D eigenvalue weighted by molar-refractivity contribution is 0.174.